The van der Waals surface area contributed by atoms with Gasteiger partial charge < -0.3 is 15.1 Å². The number of hydrogen-bond donors (Lipinski definition) is 1. The van der Waals surface area contributed by atoms with Gasteiger partial charge in [0.15, 0.2) is 7.28 Å². The lowest BCUT2D eigenvalue weighted by molar-refractivity contribution is 0.632. The van der Waals surface area contributed by atoms with Crippen LogP contribution in [0.4, 0.5) is 45.5 Å². The molecule has 0 unspecified atom stereocenters. The first kappa shape index (κ1) is 41.1. The highest BCUT2D eigenvalue weighted by Gasteiger charge is 2.41. The molecule has 68 heavy (non-hydrogen) atoms. The molecule has 0 atom stereocenters. The van der Waals surface area contributed by atoms with Crippen molar-refractivity contribution < 1.29 is 0 Å². The van der Waals surface area contributed by atoms with Crippen LogP contribution in [0.2, 0.25) is 0 Å². The lowest BCUT2D eigenvalue weighted by Crippen LogP contribution is -2.45. The van der Waals surface area contributed by atoms with Crippen molar-refractivity contribution >= 4 is 63.7 Å². The van der Waals surface area contributed by atoms with Crippen LogP contribution in [0.5, 0.6) is 0 Å². The summed E-state index contributed by atoms with van der Waals surface area (Å²) >= 11 is 0. The van der Waals surface area contributed by atoms with Crippen LogP contribution in [0.15, 0.2) is 237 Å². The summed E-state index contributed by atoms with van der Waals surface area (Å²) in [6.07, 6.45) is 0. The maximum atomic E-state index is 3.97. The van der Waals surface area contributed by atoms with E-state index in [1.165, 1.54) is 72.5 Å². The molecular formula is C64H50BN3. The molecule has 0 aromatic heterocycles. The molecule has 0 aliphatic carbocycles. The Balaban J connectivity index is 1.10. The zero-order valence-electron chi connectivity index (χ0n) is 38.6. The van der Waals surface area contributed by atoms with Crippen LogP contribution in [0.1, 0.15) is 30.5 Å². The molecule has 10 aromatic rings. The van der Waals surface area contributed by atoms with Crippen LogP contribution in [0, 0.1) is 6.92 Å². The Morgan fingerprint density at radius 3 is 1.69 bits per heavy atom. The monoisotopic (exact) mass is 871 g/mol. The van der Waals surface area contributed by atoms with Crippen LogP contribution in [-0.2, 0) is 5.41 Å². The van der Waals surface area contributed by atoms with Crippen molar-refractivity contribution in [3.63, 3.8) is 0 Å². The molecule has 0 fully saturated rings. The second-order valence-electron chi connectivity index (χ2n) is 18.7. The van der Waals surface area contributed by atoms with E-state index in [9.17, 15) is 0 Å². The van der Waals surface area contributed by atoms with E-state index >= 15 is 0 Å². The highest BCUT2D eigenvalue weighted by molar-refractivity contribution is 6.73. The number of hydrogen-bond acceptors (Lipinski definition) is 3. The van der Waals surface area contributed by atoms with Gasteiger partial charge in [-0.05, 0) is 135 Å². The molecule has 324 valence electrons. The second-order valence-corrected chi connectivity index (χ2v) is 18.7. The van der Waals surface area contributed by atoms with E-state index in [1.807, 2.05) is 0 Å². The van der Waals surface area contributed by atoms with Gasteiger partial charge in [0.2, 0.25) is 0 Å². The van der Waals surface area contributed by atoms with Gasteiger partial charge in [0.25, 0.3) is 0 Å². The first-order chi connectivity index (χ1) is 33.4. The van der Waals surface area contributed by atoms with Crippen LogP contribution in [-0.4, -0.2) is 7.28 Å². The largest absolute Gasteiger partial charge is 0.355 e. The summed E-state index contributed by atoms with van der Waals surface area (Å²) in [6, 6.07) is 86.5. The van der Waals surface area contributed by atoms with Gasteiger partial charge in [0, 0.05) is 50.8 Å². The van der Waals surface area contributed by atoms with Crippen molar-refractivity contribution in [3.8, 4) is 44.5 Å². The third-order valence-electron chi connectivity index (χ3n) is 14.2. The molecule has 2 aliphatic rings. The van der Waals surface area contributed by atoms with Crippen molar-refractivity contribution in [1.82, 2.24) is 0 Å². The fraction of sp³-hybridized carbons (Fsp3) is 0.0625. The second kappa shape index (κ2) is 16.8. The third-order valence-corrected chi connectivity index (χ3v) is 14.2. The zero-order chi connectivity index (χ0) is 45.8. The van der Waals surface area contributed by atoms with Crippen LogP contribution >= 0.6 is 0 Å². The highest BCUT2D eigenvalue weighted by atomic mass is 15.2. The fourth-order valence-electron chi connectivity index (χ4n) is 10.8. The van der Waals surface area contributed by atoms with Crippen molar-refractivity contribution in [3.05, 3.63) is 253 Å². The average molecular weight is 872 g/mol. The summed E-state index contributed by atoms with van der Waals surface area (Å²) in [5.74, 6) is 0. The number of nitrogens with zero attached hydrogens (tertiary/aromatic N) is 2. The lowest BCUT2D eigenvalue weighted by atomic mass is 9.55. The molecule has 0 bridgehead atoms. The van der Waals surface area contributed by atoms with Crippen molar-refractivity contribution in [2.75, 3.05) is 15.1 Å². The molecule has 2 heterocycles. The van der Waals surface area contributed by atoms with Crippen molar-refractivity contribution in [2.24, 2.45) is 0 Å². The van der Waals surface area contributed by atoms with Crippen LogP contribution < -0.4 is 26.0 Å². The van der Waals surface area contributed by atoms with Crippen molar-refractivity contribution in [1.29, 1.82) is 0 Å². The maximum Gasteiger partial charge on any atom is 0.198 e. The van der Waals surface area contributed by atoms with Gasteiger partial charge in [-0.25, -0.2) is 0 Å². The normalized spacial score (nSPS) is 12.8. The Labute approximate surface area is 400 Å². The molecule has 10 aromatic carbocycles. The van der Waals surface area contributed by atoms with E-state index in [0.717, 1.165) is 52.4 Å². The molecule has 1 N–H and O–H groups in total. The molecule has 0 saturated carbocycles. The van der Waals surface area contributed by atoms with Gasteiger partial charge in [-0.1, -0.05) is 189 Å². The van der Waals surface area contributed by atoms with E-state index in [0.29, 0.717) is 0 Å². The van der Waals surface area contributed by atoms with Gasteiger partial charge in [-0.2, -0.15) is 0 Å². The number of fused-ring (bicyclic) bond motifs is 4. The summed E-state index contributed by atoms with van der Waals surface area (Å²) in [7, 11) is 0.813. The first-order valence-electron chi connectivity index (χ1n) is 23.7. The molecule has 12 rings (SSSR count). The quantitative estimate of drug-likeness (QED) is 0.146. The molecule has 0 saturated heterocycles. The number of aryl methyl sites for hydroxylation is 1. The van der Waals surface area contributed by atoms with Gasteiger partial charge in [-0.15, -0.1) is 0 Å². The predicted octanol–water partition coefficient (Wildman–Crippen LogP) is 15.7. The fourth-order valence-corrected chi connectivity index (χ4v) is 10.8. The summed E-state index contributed by atoms with van der Waals surface area (Å²) in [4.78, 5) is 4.98. The molecule has 3 nitrogen and oxygen atoms in total. The van der Waals surface area contributed by atoms with Gasteiger partial charge in [0.05, 0.1) is 5.69 Å². The van der Waals surface area contributed by atoms with Gasteiger partial charge >= 0.3 is 0 Å². The molecule has 0 spiro atoms. The van der Waals surface area contributed by atoms with E-state index < -0.39 is 0 Å². The Kier molecular flexibility index (Phi) is 10.2. The number of benzene rings is 10. The number of rotatable bonds is 9. The van der Waals surface area contributed by atoms with E-state index in [-0.39, 0.29) is 5.41 Å². The van der Waals surface area contributed by atoms with Gasteiger partial charge in [-0.3, -0.25) is 0 Å². The molecule has 0 radical (unpaired) electrons. The number of nitrogens with one attached hydrogen (secondary N) is 1. The van der Waals surface area contributed by atoms with E-state index in [4.69, 9.17) is 0 Å². The molecule has 4 heteroatoms. The van der Waals surface area contributed by atoms with E-state index in [2.05, 4.69) is 272 Å². The number of para-hydroxylation sites is 3. The Bertz CT molecular complexity index is 3430. The minimum Gasteiger partial charge on any atom is -0.355 e. The first-order valence-corrected chi connectivity index (χ1v) is 23.7. The minimum absolute atomic E-state index is 0.151. The SMILES string of the molecule is Cc1ccccc1-c1cc(-c2ccc(N(c3cccc(-c4ccccc4)c3)c3cccc(-c4ccccc4)c3)cc2Nc2ccccc2)c2c(c1)N1c3ccccc3C(C)(C)c3cccc(c31)B2. The zero-order valence-corrected chi connectivity index (χ0v) is 38.6. The van der Waals surface area contributed by atoms with Crippen molar-refractivity contribution in [2.45, 2.75) is 26.2 Å². The minimum atomic E-state index is -0.151. The number of anilines is 8. The molecular weight excluding hydrogens is 822 g/mol. The predicted molar refractivity (Wildman–Crippen MR) is 291 cm³/mol. The lowest BCUT2D eigenvalue weighted by Gasteiger charge is -2.46. The highest BCUT2D eigenvalue weighted by Crippen LogP contribution is 2.53. The standard InChI is InChI=1S/C64H50BN3/c1-43-20-13-14-31-53(43)48-40-55(62-61(41-48)68-60-35-16-15-32-56(60)64(2,3)57-33-19-34-58(65-62)63(57)68)54-37-36-52(42-59(54)66-49-27-11-6-12-28-49)67(50-29-17-25-46(38-50)44-21-7-4-8-22-44)51-30-18-26-47(39-51)45-23-9-5-10-24-45/h4-42,65-66H,1-3H3. The topological polar surface area (TPSA) is 18.5 Å². The third kappa shape index (κ3) is 7.17. The summed E-state index contributed by atoms with van der Waals surface area (Å²) < 4.78 is 0. The summed E-state index contributed by atoms with van der Waals surface area (Å²) in [5.41, 5.74) is 25.0. The Morgan fingerprint density at radius 1 is 0.426 bits per heavy atom. The van der Waals surface area contributed by atoms with E-state index in [1.54, 1.807) is 0 Å². The van der Waals surface area contributed by atoms with Gasteiger partial charge in [0.1, 0.15) is 0 Å². The Morgan fingerprint density at radius 2 is 1.00 bits per heavy atom. The summed E-state index contributed by atoms with van der Waals surface area (Å²) in [5, 5.41) is 3.97. The Hall–Kier alpha value is -8.34. The summed E-state index contributed by atoms with van der Waals surface area (Å²) in [6.45, 7) is 6.99. The molecule has 2 aliphatic heterocycles. The smallest absolute Gasteiger partial charge is 0.198 e. The average Bonchev–Trinajstić information content (AvgIpc) is 3.39. The van der Waals surface area contributed by atoms with Crippen LogP contribution in [0.25, 0.3) is 44.5 Å². The van der Waals surface area contributed by atoms with Crippen LogP contribution in [0.3, 0.4) is 0 Å². The maximum absolute atomic E-state index is 3.97. The molecule has 0 amide bonds.